The number of imidazole rings is 1. The van der Waals surface area contributed by atoms with Gasteiger partial charge in [0.2, 0.25) is 0 Å². The molecule has 1 aromatic carbocycles. The first-order valence-corrected chi connectivity index (χ1v) is 10.4. The molecule has 0 aliphatic heterocycles. The molecule has 3 heterocycles. The molecule has 0 N–H and O–H groups in total. The van der Waals surface area contributed by atoms with Crippen molar-refractivity contribution in [1.82, 2.24) is 24.3 Å². The molecule has 0 spiro atoms. The lowest BCUT2D eigenvalue weighted by Gasteiger charge is -2.09. The number of benzene rings is 1. The zero-order valence-corrected chi connectivity index (χ0v) is 16.1. The van der Waals surface area contributed by atoms with Crippen molar-refractivity contribution in [3.05, 3.63) is 71.6 Å². The van der Waals surface area contributed by atoms with Crippen molar-refractivity contribution >= 4 is 23.1 Å². The minimum atomic E-state index is 0.766. The predicted octanol–water partition coefficient (Wildman–Crippen LogP) is 4.56. The first-order chi connectivity index (χ1) is 12.8. The van der Waals surface area contributed by atoms with E-state index in [2.05, 4.69) is 67.0 Å². The van der Waals surface area contributed by atoms with Crippen molar-refractivity contribution in [2.45, 2.75) is 30.9 Å². The zero-order chi connectivity index (χ0) is 17.8. The zero-order valence-electron chi connectivity index (χ0n) is 14.4. The van der Waals surface area contributed by atoms with Gasteiger partial charge in [0.25, 0.3) is 0 Å². The van der Waals surface area contributed by atoms with E-state index in [1.807, 2.05) is 24.5 Å². The standard InChI is InChI=1S/C19H19N5S2/c1-2-24-18(16-9-6-12-25-16)21-22-19(24)26-14-17-20-10-11-23(17)13-15-7-4-3-5-8-15/h3-12H,2,13-14H2,1H3. The third kappa shape index (κ3) is 3.59. The topological polar surface area (TPSA) is 48.5 Å². The number of hydrogen-bond acceptors (Lipinski definition) is 5. The molecular weight excluding hydrogens is 362 g/mol. The first kappa shape index (κ1) is 17.1. The van der Waals surface area contributed by atoms with Crippen molar-refractivity contribution in [2.75, 3.05) is 0 Å². The molecule has 0 bridgehead atoms. The molecule has 5 nitrogen and oxygen atoms in total. The van der Waals surface area contributed by atoms with Crippen molar-refractivity contribution in [1.29, 1.82) is 0 Å². The Morgan fingerprint density at radius 3 is 2.73 bits per heavy atom. The van der Waals surface area contributed by atoms with Crippen molar-refractivity contribution in [3.63, 3.8) is 0 Å². The highest BCUT2D eigenvalue weighted by Crippen LogP contribution is 2.28. The summed E-state index contributed by atoms with van der Waals surface area (Å²) in [5, 5.41) is 11.8. The second-order valence-electron chi connectivity index (χ2n) is 5.77. The molecule has 132 valence electrons. The van der Waals surface area contributed by atoms with Gasteiger partial charge in [0.05, 0.1) is 10.6 Å². The Hall–Kier alpha value is -2.38. The molecular formula is C19H19N5S2. The fourth-order valence-corrected chi connectivity index (χ4v) is 4.49. The number of thiophene rings is 1. The average molecular weight is 382 g/mol. The van der Waals surface area contributed by atoms with Gasteiger partial charge in [0.15, 0.2) is 11.0 Å². The quantitative estimate of drug-likeness (QED) is 0.440. The summed E-state index contributed by atoms with van der Waals surface area (Å²) < 4.78 is 4.36. The van der Waals surface area contributed by atoms with Crippen LogP contribution in [0.15, 0.2) is 65.4 Å². The molecule has 0 saturated heterocycles. The van der Waals surface area contributed by atoms with Gasteiger partial charge in [0.1, 0.15) is 5.82 Å². The van der Waals surface area contributed by atoms with Crippen LogP contribution in [0.2, 0.25) is 0 Å². The monoisotopic (exact) mass is 381 g/mol. The average Bonchev–Trinajstić information content (AvgIpc) is 3.41. The maximum atomic E-state index is 4.53. The van der Waals surface area contributed by atoms with Gasteiger partial charge in [0, 0.05) is 25.5 Å². The van der Waals surface area contributed by atoms with Crippen LogP contribution in [0.1, 0.15) is 18.3 Å². The Morgan fingerprint density at radius 1 is 1.08 bits per heavy atom. The van der Waals surface area contributed by atoms with Crippen LogP contribution in [-0.4, -0.2) is 24.3 Å². The predicted molar refractivity (Wildman–Crippen MR) is 106 cm³/mol. The Morgan fingerprint density at radius 2 is 1.96 bits per heavy atom. The molecule has 0 atom stereocenters. The summed E-state index contributed by atoms with van der Waals surface area (Å²) >= 11 is 3.37. The lowest BCUT2D eigenvalue weighted by atomic mass is 10.2. The molecule has 0 amide bonds. The SMILES string of the molecule is CCn1c(SCc2nccn2Cc2ccccc2)nnc1-c1cccs1. The number of thioether (sulfide) groups is 1. The van der Waals surface area contributed by atoms with Gasteiger partial charge in [-0.2, -0.15) is 0 Å². The second-order valence-corrected chi connectivity index (χ2v) is 7.66. The number of aromatic nitrogens is 5. The van der Waals surface area contributed by atoms with Crippen LogP contribution in [0.5, 0.6) is 0 Å². The van der Waals surface area contributed by atoms with Crippen LogP contribution in [0, 0.1) is 0 Å². The summed E-state index contributed by atoms with van der Waals surface area (Å²) in [6, 6.07) is 14.6. The molecule has 0 saturated carbocycles. The third-order valence-electron chi connectivity index (χ3n) is 4.10. The molecule has 3 aromatic heterocycles. The summed E-state index contributed by atoms with van der Waals surface area (Å²) in [5.41, 5.74) is 1.27. The fourth-order valence-electron chi connectivity index (χ4n) is 2.80. The molecule has 0 unspecified atom stereocenters. The Balaban J connectivity index is 1.49. The molecule has 4 aromatic rings. The maximum absolute atomic E-state index is 4.53. The van der Waals surface area contributed by atoms with Crippen molar-refractivity contribution in [3.8, 4) is 10.7 Å². The van der Waals surface area contributed by atoms with Gasteiger partial charge in [-0.25, -0.2) is 4.98 Å². The van der Waals surface area contributed by atoms with E-state index in [1.165, 1.54) is 5.56 Å². The van der Waals surface area contributed by atoms with Crippen LogP contribution in [0.25, 0.3) is 10.7 Å². The first-order valence-electron chi connectivity index (χ1n) is 8.49. The third-order valence-corrected chi connectivity index (χ3v) is 5.93. The number of nitrogens with zero attached hydrogens (tertiary/aromatic N) is 5. The van der Waals surface area contributed by atoms with E-state index in [0.29, 0.717) is 0 Å². The molecule has 26 heavy (non-hydrogen) atoms. The molecule has 4 rings (SSSR count). The van der Waals surface area contributed by atoms with Gasteiger partial charge in [-0.1, -0.05) is 48.2 Å². The normalized spacial score (nSPS) is 11.1. The summed E-state index contributed by atoms with van der Waals surface area (Å²) in [5.74, 6) is 2.75. The molecule has 0 radical (unpaired) electrons. The highest BCUT2D eigenvalue weighted by Gasteiger charge is 2.15. The minimum Gasteiger partial charge on any atom is -0.330 e. The van der Waals surface area contributed by atoms with Crippen molar-refractivity contribution < 1.29 is 0 Å². The lowest BCUT2D eigenvalue weighted by molar-refractivity contribution is 0.686. The van der Waals surface area contributed by atoms with E-state index < -0.39 is 0 Å². The van der Waals surface area contributed by atoms with Gasteiger partial charge >= 0.3 is 0 Å². The van der Waals surface area contributed by atoms with Crippen molar-refractivity contribution in [2.24, 2.45) is 0 Å². The molecule has 0 fully saturated rings. The maximum Gasteiger partial charge on any atom is 0.191 e. The second kappa shape index (κ2) is 7.88. The van der Waals surface area contributed by atoms with Gasteiger partial charge < -0.3 is 9.13 Å². The van der Waals surface area contributed by atoms with Gasteiger partial charge in [-0.3, -0.25) is 0 Å². The summed E-state index contributed by atoms with van der Waals surface area (Å²) in [6.45, 7) is 3.81. The van der Waals surface area contributed by atoms with Crippen LogP contribution >= 0.6 is 23.1 Å². The highest BCUT2D eigenvalue weighted by atomic mass is 32.2. The van der Waals surface area contributed by atoms with E-state index >= 15 is 0 Å². The van der Waals surface area contributed by atoms with E-state index in [-0.39, 0.29) is 0 Å². The van der Waals surface area contributed by atoms with E-state index in [0.717, 1.165) is 40.5 Å². The molecule has 0 aliphatic rings. The largest absolute Gasteiger partial charge is 0.330 e. The Labute approximate surface area is 160 Å². The molecule has 7 heteroatoms. The lowest BCUT2D eigenvalue weighted by Crippen LogP contribution is -2.04. The van der Waals surface area contributed by atoms with Crippen LogP contribution < -0.4 is 0 Å². The van der Waals surface area contributed by atoms with E-state index in [1.54, 1.807) is 23.1 Å². The molecule has 0 aliphatic carbocycles. The van der Waals surface area contributed by atoms with Crippen LogP contribution in [0.4, 0.5) is 0 Å². The smallest absolute Gasteiger partial charge is 0.191 e. The van der Waals surface area contributed by atoms with Gasteiger partial charge in [-0.15, -0.1) is 21.5 Å². The summed E-state index contributed by atoms with van der Waals surface area (Å²) in [6.07, 6.45) is 3.89. The number of hydrogen-bond donors (Lipinski definition) is 0. The summed E-state index contributed by atoms with van der Waals surface area (Å²) in [4.78, 5) is 5.68. The highest BCUT2D eigenvalue weighted by molar-refractivity contribution is 7.98. The Kier molecular flexibility index (Phi) is 5.17. The van der Waals surface area contributed by atoms with Gasteiger partial charge in [-0.05, 0) is 23.9 Å². The number of rotatable bonds is 7. The van der Waals surface area contributed by atoms with E-state index in [9.17, 15) is 0 Å². The van der Waals surface area contributed by atoms with E-state index in [4.69, 9.17) is 0 Å². The van der Waals surface area contributed by atoms with Crippen LogP contribution in [0.3, 0.4) is 0 Å². The minimum absolute atomic E-state index is 0.766. The Bertz CT molecular complexity index is 957. The van der Waals surface area contributed by atoms with Crippen LogP contribution in [-0.2, 0) is 18.8 Å². The summed E-state index contributed by atoms with van der Waals surface area (Å²) in [7, 11) is 0. The fraction of sp³-hybridized carbons (Fsp3) is 0.211.